The first-order valence-electron chi connectivity index (χ1n) is 11.3. The van der Waals surface area contributed by atoms with Crippen molar-refractivity contribution >= 4 is 27.6 Å². The Labute approximate surface area is 203 Å². The van der Waals surface area contributed by atoms with Gasteiger partial charge in [0.15, 0.2) is 5.82 Å². The second kappa shape index (κ2) is 8.38. The van der Waals surface area contributed by atoms with E-state index in [2.05, 4.69) is 10.2 Å². The number of aromatic nitrogens is 4. The number of hydrogen-bond donors (Lipinski definition) is 0. The summed E-state index contributed by atoms with van der Waals surface area (Å²) < 4.78 is 20.9. The van der Waals surface area contributed by atoms with E-state index in [4.69, 9.17) is 13.9 Å². The minimum atomic E-state index is -0.264. The van der Waals surface area contributed by atoms with Crippen LogP contribution >= 0.6 is 0 Å². The van der Waals surface area contributed by atoms with Gasteiger partial charge in [-0.15, -0.1) is 10.2 Å². The van der Waals surface area contributed by atoms with Gasteiger partial charge in [0.05, 0.1) is 16.3 Å². The molecule has 0 aliphatic carbocycles. The first-order chi connectivity index (χ1) is 17.5. The summed E-state index contributed by atoms with van der Waals surface area (Å²) in [5.41, 5.74) is 0.674. The maximum Gasteiger partial charge on any atom is 0.262 e. The van der Waals surface area contributed by atoms with Crippen molar-refractivity contribution in [2.75, 3.05) is 0 Å². The lowest BCUT2D eigenvalue weighted by Crippen LogP contribution is -2.20. The van der Waals surface area contributed by atoms with Crippen LogP contribution in [0.1, 0.15) is 11.6 Å². The Balaban J connectivity index is 1.34. The molecule has 0 saturated carbocycles. The van der Waals surface area contributed by atoms with Crippen LogP contribution in [0.2, 0.25) is 0 Å². The van der Waals surface area contributed by atoms with E-state index in [1.54, 1.807) is 54.8 Å². The lowest BCUT2D eigenvalue weighted by atomic mass is 10.2. The van der Waals surface area contributed by atoms with E-state index in [1.807, 2.05) is 36.4 Å². The molecule has 0 radical (unpaired) electrons. The monoisotopic (exact) mass is 480 g/mol. The SMILES string of the molecule is Cc1oc2cc(OCc3nnc4n(C)c(=O)c5ccccc5n34)ccc2c(=O)c1Oc1ccccc1. The highest BCUT2D eigenvalue weighted by Gasteiger charge is 2.17. The molecule has 3 heterocycles. The highest BCUT2D eigenvalue weighted by molar-refractivity contribution is 5.81. The Morgan fingerprint density at radius 3 is 2.50 bits per heavy atom. The summed E-state index contributed by atoms with van der Waals surface area (Å²) in [6.07, 6.45) is 0. The molecule has 0 saturated heterocycles. The van der Waals surface area contributed by atoms with E-state index in [0.29, 0.717) is 50.7 Å². The van der Waals surface area contributed by atoms with E-state index in [0.717, 1.165) is 0 Å². The molecule has 3 aromatic carbocycles. The molecule has 0 spiro atoms. The summed E-state index contributed by atoms with van der Waals surface area (Å²) in [6.45, 7) is 1.78. The zero-order valence-corrected chi connectivity index (χ0v) is 19.5. The largest absolute Gasteiger partial charge is 0.485 e. The van der Waals surface area contributed by atoms with Crippen molar-refractivity contribution in [1.82, 2.24) is 19.2 Å². The molecule has 0 aliphatic heterocycles. The lowest BCUT2D eigenvalue weighted by Gasteiger charge is -2.11. The molecule has 178 valence electrons. The van der Waals surface area contributed by atoms with Crippen LogP contribution in [0.25, 0.3) is 27.6 Å². The highest BCUT2D eigenvalue weighted by Crippen LogP contribution is 2.27. The number of ether oxygens (including phenoxy) is 2. The summed E-state index contributed by atoms with van der Waals surface area (Å²) >= 11 is 0. The molecule has 36 heavy (non-hydrogen) atoms. The maximum absolute atomic E-state index is 13.1. The molecule has 0 amide bonds. The maximum atomic E-state index is 13.1. The topological polar surface area (TPSA) is 101 Å². The first-order valence-corrected chi connectivity index (χ1v) is 11.3. The molecule has 9 heteroatoms. The summed E-state index contributed by atoms with van der Waals surface area (Å²) in [5, 5.41) is 9.37. The third kappa shape index (κ3) is 3.49. The molecule has 0 fully saturated rings. The van der Waals surface area contributed by atoms with Crippen LogP contribution < -0.4 is 20.5 Å². The normalized spacial score (nSPS) is 11.4. The zero-order chi connectivity index (χ0) is 24.8. The third-order valence-electron chi connectivity index (χ3n) is 6.01. The van der Waals surface area contributed by atoms with Gasteiger partial charge in [-0.3, -0.25) is 18.6 Å². The highest BCUT2D eigenvalue weighted by atomic mass is 16.5. The van der Waals surface area contributed by atoms with Crippen molar-refractivity contribution in [3.63, 3.8) is 0 Å². The fourth-order valence-electron chi connectivity index (χ4n) is 4.22. The Morgan fingerprint density at radius 1 is 0.889 bits per heavy atom. The molecule has 0 atom stereocenters. The Bertz CT molecular complexity index is 1890. The van der Waals surface area contributed by atoms with Gasteiger partial charge >= 0.3 is 0 Å². The number of benzene rings is 3. The smallest absolute Gasteiger partial charge is 0.262 e. The quantitative estimate of drug-likeness (QED) is 0.361. The minimum absolute atomic E-state index is 0.0906. The number of rotatable bonds is 5. The molecule has 3 aromatic heterocycles. The lowest BCUT2D eigenvalue weighted by molar-refractivity contribution is 0.295. The molecule has 0 unspecified atom stereocenters. The van der Waals surface area contributed by atoms with Gasteiger partial charge in [-0.25, -0.2) is 0 Å². The predicted octanol–water partition coefficient (Wildman–Crippen LogP) is 4.37. The summed E-state index contributed by atoms with van der Waals surface area (Å²) in [6, 6.07) is 21.4. The van der Waals surface area contributed by atoms with Gasteiger partial charge in [-0.1, -0.05) is 30.3 Å². The van der Waals surface area contributed by atoms with Gasteiger partial charge in [0.1, 0.15) is 29.4 Å². The summed E-state index contributed by atoms with van der Waals surface area (Å²) in [5.74, 6) is 2.51. The molecular weight excluding hydrogens is 460 g/mol. The molecule has 6 rings (SSSR count). The van der Waals surface area contributed by atoms with E-state index < -0.39 is 0 Å². The van der Waals surface area contributed by atoms with E-state index in [1.165, 1.54) is 4.57 Å². The Kier molecular flexibility index (Phi) is 5.03. The Morgan fingerprint density at radius 2 is 1.67 bits per heavy atom. The van der Waals surface area contributed by atoms with Crippen molar-refractivity contribution in [3.8, 4) is 17.2 Å². The van der Waals surface area contributed by atoms with E-state index >= 15 is 0 Å². The first kappa shape index (κ1) is 21.6. The van der Waals surface area contributed by atoms with Crippen molar-refractivity contribution < 1.29 is 13.9 Å². The van der Waals surface area contributed by atoms with Crippen molar-refractivity contribution in [2.45, 2.75) is 13.5 Å². The van der Waals surface area contributed by atoms with Crippen LogP contribution in [0, 0.1) is 6.92 Å². The predicted molar refractivity (Wildman–Crippen MR) is 134 cm³/mol. The summed E-state index contributed by atoms with van der Waals surface area (Å²) in [4.78, 5) is 25.7. The van der Waals surface area contributed by atoms with Crippen LogP contribution in [0.5, 0.6) is 17.2 Å². The number of aryl methyl sites for hydroxylation is 2. The molecule has 0 bridgehead atoms. The zero-order valence-electron chi connectivity index (χ0n) is 19.5. The van der Waals surface area contributed by atoms with Gasteiger partial charge in [0.25, 0.3) is 5.56 Å². The van der Waals surface area contributed by atoms with Gasteiger partial charge in [0, 0.05) is 13.1 Å². The fourth-order valence-corrected chi connectivity index (χ4v) is 4.22. The minimum Gasteiger partial charge on any atom is -0.485 e. The average Bonchev–Trinajstić information content (AvgIpc) is 3.33. The molecule has 9 nitrogen and oxygen atoms in total. The second-order valence-corrected chi connectivity index (χ2v) is 8.31. The molecule has 6 aromatic rings. The van der Waals surface area contributed by atoms with Gasteiger partial charge in [-0.05, 0) is 43.3 Å². The number of fused-ring (bicyclic) bond motifs is 4. The second-order valence-electron chi connectivity index (χ2n) is 8.31. The number of nitrogens with zero attached hydrogens (tertiary/aromatic N) is 4. The molecule has 0 aliphatic rings. The fraction of sp³-hybridized carbons (Fsp3) is 0.111. The molecular formula is C27H20N4O5. The Hall–Kier alpha value is -4.92. The van der Waals surface area contributed by atoms with E-state index in [9.17, 15) is 9.59 Å². The van der Waals surface area contributed by atoms with E-state index in [-0.39, 0.29) is 23.3 Å². The number of hydrogen-bond acceptors (Lipinski definition) is 7. The third-order valence-corrected chi connectivity index (χ3v) is 6.01. The van der Waals surface area contributed by atoms with Crippen LogP contribution in [-0.2, 0) is 13.7 Å². The van der Waals surface area contributed by atoms with Gasteiger partial charge in [0.2, 0.25) is 17.0 Å². The van der Waals surface area contributed by atoms with Gasteiger partial charge < -0.3 is 13.9 Å². The average molecular weight is 480 g/mol. The van der Waals surface area contributed by atoms with Gasteiger partial charge in [-0.2, -0.15) is 0 Å². The van der Waals surface area contributed by atoms with Crippen molar-refractivity contribution in [1.29, 1.82) is 0 Å². The number of para-hydroxylation sites is 2. The summed E-state index contributed by atoms with van der Waals surface area (Å²) in [7, 11) is 1.66. The van der Waals surface area contributed by atoms with Crippen LogP contribution in [-0.4, -0.2) is 19.2 Å². The standard InChI is InChI=1S/C27H20N4O5/c1-16-25(36-17-8-4-3-5-9-17)24(32)20-13-12-18(14-22(20)35-16)34-15-23-28-29-27-30(2)26(33)19-10-6-7-11-21(19)31(23)27/h3-14H,15H2,1-2H3. The van der Waals surface area contributed by atoms with Crippen LogP contribution in [0.3, 0.4) is 0 Å². The van der Waals surface area contributed by atoms with Crippen molar-refractivity contribution in [3.05, 3.63) is 105 Å². The molecule has 0 N–H and O–H groups in total. The van der Waals surface area contributed by atoms with Crippen LogP contribution in [0.15, 0.2) is 86.8 Å². The van der Waals surface area contributed by atoms with Crippen molar-refractivity contribution in [2.24, 2.45) is 7.05 Å². The van der Waals surface area contributed by atoms with Crippen LogP contribution in [0.4, 0.5) is 0 Å².